The molecule has 1 unspecified atom stereocenters. The van der Waals surface area contributed by atoms with Gasteiger partial charge in [-0.2, -0.15) is 0 Å². The Kier molecular flexibility index (Phi) is 3.96. The smallest absolute Gasteiger partial charge is 0.247 e. The van der Waals surface area contributed by atoms with Gasteiger partial charge in [0.15, 0.2) is 5.65 Å². The Bertz CT molecular complexity index is 1070. The molecular formula is C15H14N6O2S. The van der Waals surface area contributed by atoms with Crippen molar-refractivity contribution in [3.63, 3.8) is 0 Å². The Morgan fingerprint density at radius 1 is 1.29 bits per heavy atom. The highest BCUT2D eigenvalue weighted by atomic mass is 32.2. The van der Waals surface area contributed by atoms with Gasteiger partial charge in [0, 0.05) is 11.1 Å². The second kappa shape index (κ2) is 5.95. The Morgan fingerprint density at radius 2 is 2.04 bits per heavy atom. The molecule has 9 heteroatoms. The monoisotopic (exact) mass is 342 g/mol. The first-order valence-corrected chi connectivity index (χ1v) is 8.58. The second-order valence-corrected chi connectivity index (χ2v) is 7.05. The maximum absolute atomic E-state index is 12.9. The number of benzene rings is 1. The fourth-order valence-corrected chi connectivity index (χ4v) is 3.91. The minimum atomic E-state index is -3.76. The minimum absolute atomic E-state index is 0.218. The van der Waals surface area contributed by atoms with Gasteiger partial charge >= 0.3 is 0 Å². The molecule has 0 spiro atoms. The van der Waals surface area contributed by atoms with Crippen molar-refractivity contribution in [3.05, 3.63) is 64.4 Å². The van der Waals surface area contributed by atoms with E-state index in [1.165, 1.54) is 12.4 Å². The van der Waals surface area contributed by atoms with Gasteiger partial charge in [0.05, 0.1) is 22.8 Å². The molecule has 0 radical (unpaired) electrons. The van der Waals surface area contributed by atoms with Crippen molar-refractivity contribution in [2.45, 2.75) is 24.8 Å². The Morgan fingerprint density at radius 3 is 2.75 bits per heavy atom. The topological polar surface area (TPSA) is 114 Å². The Hall–Kier alpha value is -2.90. The van der Waals surface area contributed by atoms with Crippen LogP contribution < -0.4 is 0 Å². The van der Waals surface area contributed by atoms with Crippen LogP contribution in [0.25, 0.3) is 21.6 Å². The molecule has 0 aliphatic heterocycles. The molecular weight excluding hydrogens is 328 g/mol. The average Bonchev–Trinajstić information content (AvgIpc) is 2.99. The summed E-state index contributed by atoms with van der Waals surface area (Å²) < 4.78 is 26.9. The summed E-state index contributed by atoms with van der Waals surface area (Å²) in [5, 5.41) is 3.57. The lowest BCUT2D eigenvalue weighted by atomic mass is 10.2. The zero-order chi connectivity index (χ0) is 17.3. The molecule has 8 nitrogen and oxygen atoms in total. The summed E-state index contributed by atoms with van der Waals surface area (Å²) in [7, 11) is -3.76. The van der Waals surface area contributed by atoms with Gasteiger partial charge in [-0.15, -0.1) is 0 Å². The molecule has 0 amide bonds. The van der Waals surface area contributed by atoms with Crippen molar-refractivity contribution in [1.82, 2.24) is 13.9 Å². The van der Waals surface area contributed by atoms with E-state index in [2.05, 4.69) is 20.0 Å². The van der Waals surface area contributed by atoms with Crippen LogP contribution in [0.5, 0.6) is 0 Å². The van der Waals surface area contributed by atoms with E-state index in [4.69, 9.17) is 5.53 Å². The molecule has 0 saturated heterocycles. The van der Waals surface area contributed by atoms with Crippen LogP contribution in [0.3, 0.4) is 0 Å². The van der Waals surface area contributed by atoms with Gasteiger partial charge in [-0.05, 0) is 30.2 Å². The molecule has 0 aliphatic carbocycles. The molecule has 122 valence electrons. The van der Waals surface area contributed by atoms with E-state index in [1.54, 1.807) is 44.2 Å². The van der Waals surface area contributed by atoms with Crippen molar-refractivity contribution in [1.29, 1.82) is 0 Å². The van der Waals surface area contributed by atoms with Gasteiger partial charge in [-0.25, -0.2) is 22.4 Å². The fraction of sp³-hybridized carbons (Fsp3) is 0.200. The number of aromatic nitrogens is 3. The quantitative estimate of drug-likeness (QED) is 0.411. The molecule has 0 saturated carbocycles. The molecule has 0 fully saturated rings. The lowest BCUT2D eigenvalue weighted by Gasteiger charge is -2.09. The van der Waals surface area contributed by atoms with Gasteiger partial charge in [-0.3, -0.25) is 0 Å². The zero-order valence-corrected chi connectivity index (χ0v) is 13.8. The third-order valence-corrected chi connectivity index (χ3v) is 5.48. The van der Waals surface area contributed by atoms with Crippen molar-refractivity contribution in [2.24, 2.45) is 5.11 Å². The summed E-state index contributed by atoms with van der Waals surface area (Å²) in [5.74, 6) is 0. The van der Waals surface area contributed by atoms with E-state index in [1.807, 2.05) is 0 Å². The molecule has 0 aliphatic rings. The summed E-state index contributed by atoms with van der Waals surface area (Å²) in [4.78, 5) is 11.5. The fourth-order valence-electron chi connectivity index (χ4n) is 2.39. The van der Waals surface area contributed by atoms with E-state index in [9.17, 15) is 8.42 Å². The molecule has 3 aromatic rings. The lowest BCUT2D eigenvalue weighted by molar-refractivity contribution is 0.588. The normalized spacial score (nSPS) is 12.8. The van der Waals surface area contributed by atoms with Crippen LogP contribution in [0.2, 0.25) is 0 Å². The summed E-state index contributed by atoms with van der Waals surface area (Å²) in [5.41, 5.74) is 10.3. The number of hydrogen-bond acceptors (Lipinski definition) is 5. The summed E-state index contributed by atoms with van der Waals surface area (Å²) in [6.45, 7) is 3.43. The zero-order valence-electron chi connectivity index (χ0n) is 13.0. The van der Waals surface area contributed by atoms with E-state index in [-0.39, 0.29) is 10.5 Å². The van der Waals surface area contributed by atoms with E-state index >= 15 is 0 Å². The van der Waals surface area contributed by atoms with E-state index in [0.717, 1.165) is 3.97 Å². The number of rotatable bonds is 4. The number of azide groups is 1. The van der Waals surface area contributed by atoms with Gasteiger partial charge in [0.25, 0.3) is 10.0 Å². The van der Waals surface area contributed by atoms with Crippen LogP contribution in [0.4, 0.5) is 0 Å². The molecule has 2 heterocycles. The first kappa shape index (κ1) is 16.0. The molecule has 24 heavy (non-hydrogen) atoms. The highest BCUT2D eigenvalue weighted by molar-refractivity contribution is 7.90. The molecule has 1 aromatic carbocycles. The average molecular weight is 342 g/mol. The number of aryl methyl sites for hydroxylation is 1. The van der Waals surface area contributed by atoms with Crippen molar-refractivity contribution in [2.75, 3.05) is 0 Å². The van der Waals surface area contributed by atoms with Crippen molar-refractivity contribution >= 4 is 21.2 Å². The van der Waals surface area contributed by atoms with Gasteiger partial charge in [0.2, 0.25) is 0 Å². The lowest BCUT2D eigenvalue weighted by Crippen LogP contribution is -2.14. The summed E-state index contributed by atoms with van der Waals surface area (Å²) in [6.07, 6.45) is 2.85. The largest absolute Gasteiger partial charge is 0.269 e. The summed E-state index contributed by atoms with van der Waals surface area (Å²) in [6, 6.07) is 7.85. The standard InChI is InChI=1S/C15H14N6O2S/c1-10-5-3-4-6-14(10)24(22,23)21-8-7-12-15(21)17-9-13(18-12)11(2)19-20-16/h3-9,11H,1-2H3. The van der Waals surface area contributed by atoms with Crippen LogP contribution in [0.15, 0.2) is 52.7 Å². The van der Waals surface area contributed by atoms with Crippen LogP contribution in [0, 0.1) is 6.92 Å². The maximum atomic E-state index is 12.9. The molecule has 1 atom stereocenters. The van der Waals surface area contributed by atoms with Gasteiger partial charge < -0.3 is 0 Å². The van der Waals surface area contributed by atoms with Crippen LogP contribution >= 0.6 is 0 Å². The first-order chi connectivity index (χ1) is 11.4. The van der Waals surface area contributed by atoms with Crippen LogP contribution in [0.1, 0.15) is 24.2 Å². The Balaban J connectivity index is 2.15. The molecule has 3 rings (SSSR count). The van der Waals surface area contributed by atoms with Gasteiger partial charge in [0.1, 0.15) is 5.52 Å². The van der Waals surface area contributed by atoms with Crippen LogP contribution in [-0.2, 0) is 10.0 Å². The predicted molar refractivity (Wildman–Crippen MR) is 88.9 cm³/mol. The highest BCUT2D eigenvalue weighted by Gasteiger charge is 2.22. The third kappa shape index (κ3) is 2.60. The van der Waals surface area contributed by atoms with Crippen LogP contribution in [-0.4, -0.2) is 22.4 Å². The molecule has 2 aromatic heterocycles. The number of nitrogens with zero attached hydrogens (tertiary/aromatic N) is 6. The van der Waals surface area contributed by atoms with Gasteiger partial charge in [-0.1, -0.05) is 30.2 Å². The first-order valence-electron chi connectivity index (χ1n) is 7.14. The predicted octanol–water partition coefficient (Wildman–Crippen LogP) is 3.35. The van der Waals surface area contributed by atoms with Crippen molar-refractivity contribution in [3.8, 4) is 0 Å². The van der Waals surface area contributed by atoms with E-state index < -0.39 is 16.1 Å². The van der Waals surface area contributed by atoms with Crippen molar-refractivity contribution < 1.29 is 8.42 Å². The number of hydrogen-bond donors (Lipinski definition) is 0. The van der Waals surface area contributed by atoms with E-state index in [0.29, 0.717) is 16.8 Å². The number of fused-ring (bicyclic) bond motifs is 1. The molecule has 0 N–H and O–H groups in total. The minimum Gasteiger partial charge on any atom is -0.247 e. The SMILES string of the molecule is Cc1ccccc1S(=O)(=O)n1ccc2nc(C(C)N=[N+]=[N-])cnc21. The maximum Gasteiger partial charge on any atom is 0.269 e. The summed E-state index contributed by atoms with van der Waals surface area (Å²) >= 11 is 0. The third-order valence-electron chi connectivity index (χ3n) is 3.66. The highest BCUT2D eigenvalue weighted by Crippen LogP contribution is 2.23. The second-order valence-electron chi connectivity index (χ2n) is 5.27. The molecule has 0 bridgehead atoms. The Labute approximate surface area is 138 Å².